The van der Waals surface area contributed by atoms with Gasteiger partial charge in [-0.3, -0.25) is 9.52 Å². The maximum absolute atomic E-state index is 12.5. The highest BCUT2D eigenvalue weighted by Crippen LogP contribution is 2.22. The third-order valence-corrected chi connectivity index (χ3v) is 5.62. The van der Waals surface area contributed by atoms with Crippen LogP contribution in [0.25, 0.3) is 0 Å². The second kappa shape index (κ2) is 8.16. The minimum atomic E-state index is -3.63. The van der Waals surface area contributed by atoms with Crippen molar-refractivity contribution in [3.8, 4) is 0 Å². The van der Waals surface area contributed by atoms with Crippen molar-refractivity contribution in [1.29, 1.82) is 0 Å². The van der Waals surface area contributed by atoms with Gasteiger partial charge in [-0.2, -0.15) is 0 Å². The average Bonchev–Trinajstić information content (AvgIpc) is 2.62. The number of amides is 1. The van der Waals surface area contributed by atoms with E-state index in [9.17, 15) is 13.2 Å². The van der Waals surface area contributed by atoms with E-state index in [0.29, 0.717) is 11.6 Å². The molecule has 0 spiro atoms. The van der Waals surface area contributed by atoms with Crippen LogP contribution < -0.4 is 10.0 Å². The fourth-order valence-electron chi connectivity index (χ4n) is 2.39. The van der Waals surface area contributed by atoms with Gasteiger partial charge in [0.15, 0.2) is 0 Å². The molecule has 2 aromatic rings. The van der Waals surface area contributed by atoms with Crippen LogP contribution in [0.5, 0.6) is 0 Å². The number of hydrogen-bond donors (Lipinski definition) is 2. The lowest BCUT2D eigenvalue weighted by Gasteiger charge is -2.12. The molecular formula is C19H24N2O3S. The number of sulfonamides is 1. The highest BCUT2D eigenvalue weighted by molar-refractivity contribution is 7.92. The van der Waals surface area contributed by atoms with Gasteiger partial charge >= 0.3 is 0 Å². The van der Waals surface area contributed by atoms with E-state index >= 15 is 0 Å². The molecule has 1 atom stereocenters. The minimum Gasteiger partial charge on any atom is -0.359 e. The van der Waals surface area contributed by atoms with Crippen LogP contribution in [0.15, 0.2) is 53.4 Å². The highest BCUT2D eigenvalue weighted by Gasteiger charge is 2.15. The molecule has 0 aromatic heterocycles. The van der Waals surface area contributed by atoms with Crippen LogP contribution in [0.2, 0.25) is 0 Å². The predicted octanol–water partition coefficient (Wildman–Crippen LogP) is 3.29. The van der Waals surface area contributed by atoms with Gasteiger partial charge < -0.3 is 5.32 Å². The van der Waals surface area contributed by atoms with Crippen molar-refractivity contribution in [2.75, 3.05) is 11.8 Å². The molecule has 2 N–H and O–H groups in total. The Hall–Kier alpha value is -2.34. The van der Waals surface area contributed by atoms with E-state index in [1.54, 1.807) is 43.4 Å². The van der Waals surface area contributed by atoms with E-state index in [0.717, 1.165) is 17.5 Å². The van der Waals surface area contributed by atoms with Gasteiger partial charge in [0.1, 0.15) is 0 Å². The number of benzene rings is 2. The Morgan fingerprint density at radius 1 is 1.04 bits per heavy atom. The Morgan fingerprint density at radius 3 is 2.16 bits per heavy atom. The highest BCUT2D eigenvalue weighted by atomic mass is 32.2. The Kier molecular flexibility index (Phi) is 6.20. The molecule has 1 amide bonds. The Morgan fingerprint density at radius 2 is 1.64 bits per heavy atom. The molecule has 2 rings (SSSR count). The molecule has 0 fully saturated rings. The summed E-state index contributed by atoms with van der Waals surface area (Å²) < 4.78 is 27.5. The van der Waals surface area contributed by atoms with Crippen LogP contribution in [0, 0.1) is 0 Å². The van der Waals surface area contributed by atoms with Crippen molar-refractivity contribution in [1.82, 2.24) is 5.32 Å². The first-order chi connectivity index (χ1) is 11.9. The zero-order valence-corrected chi connectivity index (χ0v) is 15.6. The summed E-state index contributed by atoms with van der Waals surface area (Å²) in [5.74, 6) is 0.312. The van der Waals surface area contributed by atoms with Crippen molar-refractivity contribution < 1.29 is 13.2 Å². The summed E-state index contributed by atoms with van der Waals surface area (Å²) in [5.41, 5.74) is 2.41. The third-order valence-electron chi connectivity index (χ3n) is 4.22. The summed E-state index contributed by atoms with van der Waals surface area (Å²) >= 11 is 0. The van der Waals surface area contributed by atoms with Crippen LogP contribution in [0.3, 0.4) is 0 Å². The van der Waals surface area contributed by atoms with Crippen molar-refractivity contribution in [2.45, 2.75) is 37.5 Å². The van der Waals surface area contributed by atoms with Crippen LogP contribution in [0.1, 0.15) is 37.3 Å². The molecule has 25 heavy (non-hydrogen) atoms. The predicted molar refractivity (Wildman–Crippen MR) is 100 cm³/mol. The molecule has 0 saturated heterocycles. The molecule has 5 nitrogen and oxygen atoms in total. The topological polar surface area (TPSA) is 75.3 Å². The van der Waals surface area contributed by atoms with E-state index in [4.69, 9.17) is 0 Å². The van der Waals surface area contributed by atoms with E-state index in [2.05, 4.69) is 23.9 Å². The summed E-state index contributed by atoms with van der Waals surface area (Å²) in [7, 11) is -2.05. The van der Waals surface area contributed by atoms with Crippen molar-refractivity contribution >= 4 is 21.6 Å². The molecule has 1 unspecified atom stereocenters. The zero-order valence-electron chi connectivity index (χ0n) is 14.7. The van der Waals surface area contributed by atoms with Crippen LogP contribution in [-0.4, -0.2) is 21.4 Å². The van der Waals surface area contributed by atoms with Crippen LogP contribution >= 0.6 is 0 Å². The number of likely N-dealkylation sites (N-methyl/N-ethyl adjacent to an activating group) is 1. The van der Waals surface area contributed by atoms with Gasteiger partial charge in [0.05, 0.1) is 11.3 Å². The monoisotopic (exact) mass is 360 g/mol. The summed E-state index contributed by atoms with van der Waals surface area (Å²) in [6, 6.07) is 13.8. The molecule has 0 saturated carbocycles. The van der Waals surface area contributed by atoms with Crippen LogP contribution in [0.4, 0.5) is 5.69 Å². The van der Waals surface area contributed by atoms with Crippen LogP contribution in [-0.2, 0) is 21.2 Å². The normalized spacial score (nSPS) is 12.4. The summed E-state index contributed by atoms with van der Waals surface area (Å²) in [6.07, 6.45) is 1.27. The van der Waals surface area contributed by atoms with Crippen molar-refractivity contribution in [2.24, 2.45) is 0 Å². The molecule has 0 aliphatic carbocycles. The molecule has 0 aliphatic heterocycles. The first-order valence-corrected chi connectivity index (χ1v) is 9.76. The third kappa shape index (κ3) is 5.06. The van der Waals surface area contributed by atoms with E-state index in [1.807, 2.05) is 12.1 Å². The molecule has 0 heterocycles. The standard InChI is InChI=1S/C19H24N2O3S/c1-4-14(2)16-7-11-18(12-8-16)25(23,24)21-17-9-5-15(6-10-17)13-19(22)20-3/h5-12,14,21H,4,13H2,1-3H3,(H,20,22). The average molecular weight is 360 g/mol. The molecule has 0 aliphatic rings. The number of anilines is 1. The summed E-state index contributed by atoms with van der Waals surface area (Å²) in [5, 5.41) is 2.55. The van der Waals surface area contributed by atoms with E-state index in [1.165, 1.54) is 0 Å². The number of hydrogen-bond acceptors (Lipinski definition) is 3. The molecular weight excluding hydrogens is 336 g/mol. The van der Waals surface area contributed by atoms with Gasteiger partial charge in [-0.25, -0.2) is 8.42 Å². The summed E-state index contributed by atoms with van der Waals surface area (Å²) in [4.78, 5) is 11.6. The quantitative estimate of drug-likeness (QED) is 0.795. The smallest absolute Gasteiger partial charge is 0.261 e. The lowest BCUT2D eigenvalue weighted by molar-refractivity contribution is -0.119. The number of rotatable bonds is 7. The van der Waals surface area contributed by atoms with Crippen molar-refractivity contribution in [3.05, 3.63) is 59.7 Å². The molecule has 134 valence electrons. The second-order valence-electron chi connectivity index (χ2n) is 6.03. The minimum absolute atomic E-state index is 0.0882. The van der Waals surface area contributed by atoms with Gasteiger partial charge in [0.2, 0.25) is 5.91 Å². The number of carbonyl (C=O) groups is 1. The number of carbonyl (C=O) groups excluding carboxylic acids is 1. The molecule has 0 bridgehead atoms. The molecule has 0 radical (unpaired) electrons. The lowest BCUT2D eigenvalue weighted by atomic mass is 9.99. The fourth-order valence-corrected chi connectivity index (χ4v) is 3.45. The zero-order chi connectivity index (χ0) is 18.4. The Labute approximate surface area is 149 Å². The van der Waals surface area contributed by atoms with Gasteiger partial charge in [-0.15, -0.1) is 0 Å². The molecule has 6 heteroatoms. The second-order valence-corrected chi connectivity index (χ2v) is 7.71. The Bertz CT molecular complexity index is 813. The largest absolute Gasteiger partial charge is 0.359 e. The summed E-state index contributed by atoms with van der Waals surface area (Å²) in [6.45, 7) is 4.22. The SMILES string of the molecule is CCC(C)c1ccc(S(=O)(=O)Nc2ccc(CC(=O)NC)cc2)cc1. The van der Waals surface area contributed by atoms with Gasteiger partial charge in [0.25, 0.3) is 10.0 Å². The van der Waals surface area contributed by atoms with Gasteiger partial charge in [-0.05, 0) is 47.7 Å². The Balaban J connectivity index is 2.11. The van der Waals surface area contributed by atoms with Gasteiger partial charge in [0, 0.05) is 12.7 Å². The van der Waals surface area contributed by atoms with E-state index < -0.39 is 10.0 Å². The fraction of sp³-hybridized carbons (Fsp3) is 0.316. The first-order valence-electron chi connectivity index (χ1n) is 8.28. The van der Waals surface area contributed by atoms with Gasteiger partial charge in [-0.1, -0.05) is 38.1 Å². The number of nitrogens with one attached hydrogen (secondary N) is 2. The molecule has 2 aromatic carbocycles. The van der Waals surface area contributed by atoms with Crippen molar-refractivity contribution in [3.63, 3.8) is 0 Å². The maximum Gasteiger partial charge on any atom is 0.261 e. The lowest BCUT2D eigenvalue weighted by Crippen LogP contribution is -2.19. The first kappa shape index (κ1) is 19.0. The maximum atomic E-state index is 12.5. The van der Waals surface area contributed by atoms with E-state index in [-0.39, 0.29) is 17.2 Å².